The van der Waals surface area contributed by atoms with Crippen LogP contribution in [0.1, 0.15) is 54.2 Å². The van der Waals surface area contributed by atoms with Crippen LogP contribution in [0.25, 0.3) is 0 Å². The lowest BCUT2D eigenvalue weighted by atomic mass is 9.93. The molecule has 5 rings (SSSR count). The van der Waals surface area contributed by atoms with Crippen molar-refractivity contribution in [2.45, 2.75) is 51.1 Å². The lowest BCUT2D eigenvalue weighted by Gasteiger charge is -2.28. The van der Waals surface area contributed by atoms with Gasteiger partial charge in [0.15, 0.2) is 0 Å². The molecule has 2 aromatic rings. The number of aromatic nitrogens is 2. The number of carbonyl (C=O) groups is 1. The van der Waals surface area contributed by atoms with Gasteiger partial charge in [0, 0.05) is 51.0 Å². The molecule has 1 aromatic carbocycles. The number of ether oxygens (including phenoxy) is 1. The number of nitrogens with one attached hydrogen (secondary N) is 1. The number of aromatic amines is 1. The molecule has 1 amide bonds. The van der Waals surface area contributed by atoms with Crippen LogP contribution in [-0.2, 0) is 24.3 Å². The Labute approximate surface area is 194 Å². The molecule has 7 heteroatoms. The molecule has 1 fully saturated rings. The van der Waals surface area contributed by atoms with E-state index >= 15 is 0 Å². The van der Waals surface area contributed by atoms with Crippen molar-refractivity contribution in [1.29, 1.82) is 0 Å². The Morgan fingerprint density at radius 3 is 2.79 bits per heavy atom. The van der Waals surface area contributed by atoms with Crippen LogP contribution in [-0.4, -0.2) is 52.4 Å². The number of nitrogens with zero attached hydrogens (tertiary/aromatic N) is 3. The van der Waals surface area contributed by atoms with Crippen LogP contribution in [0.15, 0.2) is 41.2 Å². The highest BCUT2D eigenvalue weighted by Crippen LogP contribution is 2.29. The zero-order valence-corrected chi connectivity index (χ0v) is 19.3. The molecule has 0 bridgehead atoms. The number of carbonyl (C=O) groups excluding carboxylic acids is 1. The summed E-state index contributed by atoms with van der Waals surface area (Å²) in [5.41, 5.74) is 2.86. The highest BCUT2D eigenvalue weighted by atomic mass is 16.5. The fourth-order valence-corrected chi connectivity index (χ4v) is 5.28. The second-order valence-corrected chi connectivity index (χ2v) is 9.44. The molecule has 1 N–H and O–H groups in total. The second-order valence-electron chi connectivity index (χ2n) is 9.44. The van der Waals surface area contributed by atoms with E-state index in [1.165, 1.54) is 5.56 Å². The smallest absolute Gasteiger partial charge is 0.255 e. The van der Waals surface area contributed by atoms with Gasteiger partial charge in [0.2, 0.25) is 5.91 Å². The van der Waals surface area contributed by atoms with E-state index in [1.807, 2.05) is 17.0 Å². The molecule has 2 atom stereocenters. The summed E-state index contributed by atoms with van der Waals surface area (Å²) in [7, 11) is 1.67. The summed E-state index contributed by atoms with van der Waals surface area (Å²) in [4.78, 5) is 38.0. The Kier molecular flexibility index (Phi) is 6.31. The summed E-state index contributed by atoms with van der Waals surface area (Å²) in [6.45, 7) is 3.68. The van der Waals surface area contributed by atoms with Gasteiger partial charge in [-0.05, 0) is 43.4 Å². The molecule has 33 heavy (non-hydrogen) atoms. The van der Waals surface area contributed by atoms with Gasteiger partial charge in [-0.1, -0.05) is 24.3 Å². The maximum atomic E-state index is 13.0. The number of hydrogen-bond donors (Lipinski definition) is 1. The van der Waals surface area contributed by atoms with Crippen molar-refractivity contribution < 1.29 is 9.53 Å². The number of H-pyrrole nitrogens is 1. The van der Waals surface area contributed by atoms with Crippen LogP contribution in [0.2, 0.25) is 0 Å². The quantitative estimate of drug-likeness (QED) is 0.712. The number of methoxy groups -OCH3 is 1. The van der Waals surface area contributed by atoms with E-state index in [4.69, 9.17) is 9.72 Å². The second kappa shape index (κ2) is 9.51. The van der Waals surface area contributed by atoms with Crippen LogP contribution in [0.3, 0.4) is 0 Å². The first kappa shape index (κ1) is 21.9. The number of fused-ring (bicyclic) bond motifs is 1. The monoisotopic (exact) mass is 448 g/mol. The SMILES string of the molecule is COc1ccc(CN2CCc3nc(C4CCN(C(=O)C5CC=CCC5)C4)[nH]c(=O)c3C2)cc1. The summed E-state index contributed by atoms with van der Waals surface area (Å²) in [5.74, 6) is 2.08. The summed E-state index contributed by atoms with van der Waals surface area (Å²) < 4.78 is 5.23. The molecule has 0 saturated carbocycles. The van der Waals surface area contributed by atoms with E-state index in [0.29, 0.717) is 13.1 Å². The Morgan fingerprint density at radius 2 is 2.03 bits per heavy atom. The number of rotatable bonds is 5. The van der Waals surface area contributed by atoms with E-state index in [1.54, 1.807) is 7.11 Å². The van der Waals surface area contributed by atoms with Gasteiger partial charge in [-0.3, -0.25) is 14.5 Å². The first-order valence-corrected chi connectivity index (χ1v) is 12.0. The molecule has 174 valence electrons. The molecule has 1 aliphatic carbocycles. The van der Waals surface area contributed by atoms with Crippen LogP contribution in [0.5, 0.6) is 5.75 Å². The number of allylic oxidation sites excluding steroid dienone is 2. The number of likely N-dealkylation sites (tertiary alicyclic amines) is 1. The van der Waals surface area contributed by atoms with Gasteiger partial charge in [0.25, 0.3) is 5.56 Å². The zero-order valence-electron chi connectivity index (χ0n) is 19.3. The van der Waals surface area contributed by atoms with Gasteiger partial charge in [-0.25, -0.2) is 4.98 Å². The third-order valence-electron chi connectivity index (χ3n) is 7.24. The molecule has 7 nitrogen and oxygen atoms in total. The van der Waals surface area contributed by atoms with E-state index in [9.17, 15) is 9.59 Å². The van der Waals surface area contributed by atoms with E-state index in [0.717, 1.165) is 74.6 Å². The van der Waals surface area contributed by atoms with Gasteiger partial charge in [0.1, 0.15) is 11.6 Å². The first-order chi connectivity index (χ1) is 16.1. The average molecular weight is 449 g/mol. The highest BCUT2D eigenvalue weighted by Gasteiger charge is 2.33. The molecule has 2 unspecified atom stereocenters. The van der Waals surface area contributed by atoms with Crippen molar-refractivity contribution in [3.63, 3.8) is 0 Å². The summed E-state index contributed by atoms with van der Waals surface area (Å²) in [6, 6.07) is 8.07. The van der Waals surface area contributed by atoms with Crippen molar-refractivity contribution in [3.8, 4) is 5.75 Å². The maximum Gasteiger partial charge on any atom is 0.255 e. The molecule has 1 aromatic heterocycles. The van der Waals surface area contributed by atoms with Crippen molar-refractivity contribution in [3.05, 3.63) is 69.4 Å². The Balaban J connectivity index is 1.24. The van der Waals surface area contributed by atoms with Gasteiger partial charge in [-0.2, -0.15) is 0 Å². The summed E-state index contributed by atoms with van der Waals surface area (Å²) in [6.07, 6.45) is 8.70. The first-order valence-electron chi connectivity index (χ1n) is 12.0. The van der Waals surface area contributed by atoms with Crippen LogP contribution in [0.4, 0.5) is 0 Å². The topological polar surface area (TPSA) is 78.5 Å². The van der Waals surface area contributed by atoms with Crippen LogP contribution in [0, 0.1) is 5.92 Å². The average Bonchev–Trinajstić information content (AvgIpc) is 3.35. The van der Waals surface area contributed by atoms with E-state index < -0.39 is 0 Å². The fourth-order valence-electron chi connectivity index (χ4n) is 5.28. The molecule has 0 radical (unpaired) electrons. The molecule has 2 aliphatic heterocycles. The number of hydrogen-bond acceptors (Lipinski definition) is 5. The Hall–Kier alpha value is -2.93. The fraction of sp³-hybridized carbons (Fsp3) is 0.500. The number of amides is 1. The lowest BCUT2D eigenvalue weighted by Crippen LogP contribution is -2.36. The number of benzene rings is 1. The molecule has 1 saturated heterocycles. The molecule has 3 aliphatic rings. The lowest BCUT2D eigenvalue weighted by molar-refractivity contribution is -0.134. The normalized spacial score (nSPS) is 22.9. The Bertz CT molecular complexity index is 1090. The van der Waals surface area contributed by atoms with Crippen molar-refractivity contribution in [2.24, 2.45) is 5.92 Å². The summed E-state index contributed by atoms with van der Waals surface area (Å²) in [5, 5.41) is 0. The highest BCUT2D eigenvalue weighted by molar-refractivity contribution is 5.79. The zero-order chi connectivity index (χ0) is 22.8. The van der Waals surface area contributed by atoms with Crippen molar-refractivity contribution in [2.75, 3.05) is 26.7 Å². The predicted octanol–water partition coefficient (Wildman–Crippen LogP) is 3.01. The van der Waals surface area contributed by atoms with E-state index in [-0.39, 0.29) is 23.3 Å². The van der Waals surface area contributed by atoms with Gasteiger partial charge in [0.05, 0.1) is 18.4 Å². The van der Waals surface area contributed by atoms with Gasteiger partial charge < -0.3 is 14.6 Å². The van der Waals surface area contributed by atoms with Crippen LogP contribution >= 0.6 is 0 Å². The minimum absolute atomic E-state index is 0.0309. The van der Waals surface area contributed by atoms with Gasteiger partial charge >= 0.3 is 0 Å². The van der Waals surface area contributed by atoms with Crippen molar-refractivity contribution in [1.82, 2.24) is 19.8 Å². The minimum Gasteiger partial charge on any atom is -0.497 e. The minimum atomic E-state index is -0.0309. The maximum absolute atomic E-state index is 13.0. The standard InChI is InChI=1S/C26H32N4O3/c1-33-21-9-7-18(8-10-21)15-29-13-12-23-22(17-29)25(31)28-24(27-23)20-11-14-30(16-20)26(32)19-5-3-2-4-6-19/h2-3,7-10,19-20H,4-6,11-17H2,1H3,(H,27,28,31). The third kappa shape index (κ3) is 4.74. The van der Waals surface area contributed by atoms with Gasteiger partial charge in [-0.15, -0.1) is 0 Å². The summed E-state index contributed by atoms with van der Waals surface area (Å²) >= 11 is 0. The van der Waals surface area contributed by atoms with Crippen molar-refractivity contribution >= 4 is 5.91 Å². The molecule has 0 spiro atoms. The molecule has 3 heterocycles. The molecular weight excluding hydrogens is 416 g/mol. The predicted molar refractivity (Wildman–Crippen MR) is 126 cm³/mol. The third-order valence-corrected chi connectivity index (χ3v) is 7.24. The Morgan fingerprint density at radius 1 is 1.18 bits per heavy atom. The van der Waals surface area contributed by atoms with E-state index in [2.05, 4.69) is 34.2 Å². The largest absolute Gasteiger partial charge is 0.497 e. The van der Waals surface area contributed by atoms with Crippen LogP contribution < -0.4 is 10.3 Å². The molecular formula is C26H32N4O3.